The topological polar surface area (TPSA) is 37.8 Å². The molecule has 0 spiro atoms. The molecule has 3 heteroatoms. The zero-order chi connectivity index (χ0) is 13.5. The molecule has 0 saturated heterocycles. The average Bonchev–Trinajstić information content (AvgIpc) is 2.67. The predicted octanol–water partition coefficient (Wildman–Crippen LogP) is 3.72. The van der Waals surface area contributed by atoms with Crippen LogP contribution in [0.3, 0.4) is 0 Å². The zero-order valence-corrected chi connectivity index (χ0v) is 12.4. The van der Waals surface area contributed by atoms with Crippen molar-refractivity contribution in [3.05, 3.63) is 23.3 Å². The SMILES string of the molecule is CCCNCc1cc(C)nc(C2CCCCCC2)n1. The molecule has 0 aromatic carbocycles. The second kappa shape index (κ2) is 7.59. The predicted molar refractivity (Wildman–Crippen MR) is 79.2 cm³/mol. The highest BCUT2D eigenvalue weighted by Crippen LogP contribution is 2.29. The maximum atomic E-state index is 4.80. The maximum absolute atomic E-state index is 4.80. The molecule has 1 aliphatic carbocycles. The Kier molecular flexibility index (Phi) is 5.77. The lowest BCUT2D eigenvalue weighted by Crippen LogP contribution is -2.16. The van der Waals surface area contributed by atoms with Gasteiger partial charge in [0.2, 0.25) is 0 Å². The minimum absolute atomic E-state index is 0.590. The summed E-state index contributed by atoms with van der Waals surface area (Å²) in [6, 6.07) is 2.11. The number of nitrogens with one attached hydrogen (secondary N) is 1. The molecule has 0 unspecified atom stereocenters. The van der Waals surface area contributed by atoms with Gasteiger partial charge in [-0.25, -0.2) is 9.97 Å². The van der Waals surface area contributed by atoms with Crippen LogP contribution in [0.15, 0.2) is 6.07 Å². The minimum Gasteiger partial charge on any atom is -0.311 e. The molecular formula is C16H27N3. The summed E-state index contributed by atoms with van der Waals surface area (Å²) in [5.74, 6) is 1.68. The highest BCUT2D eigenvalue weighted by molar-refractivity contribution is 5.12. The van der Waals surface area contributed by atoms with E-state index >= 15 is 0 Å². The van der Waals surface area contributed by atoms with E-state index in [-0.39, 0.29) is 0 Å². The largest absolute Gasteiger partial charge is 0.311 e. The molecule has 0 atom stereocenters. The molecule has 1 fully saturated rings. The van der Waals surface area contributed by atoms with Gasteiger partial charge in [-0.05, 0) is 38.8 Å². The lowest BCUT2D eigenvalue weighted by molar-refractivity contribution is 0.551. The smallest absolute Gasteiger partial charge is 0.131 e. The Morgan fingerprint density at radius 3 is 2.58 bits per heavy atom. The van der Waals surface area contributed by atoms with Crippen molar-refractivity contribution in [3.63, 3.8) is 0 Å². The van der Waals surface area contributed by atoms with Crippen LogP contribution in [0.2, 0.25) is 0 Å². The second-order valence-electron chi connectivity index (χ2n) is 5.72. The molecule has 1 N–H and O–H groups in total. The van der Waals surface area contributed by atoms with E-state index in [1.165, 1.54) is 44.9 Å². The molecule has 1 heterocycles. The van der Waals surface area contributed by atoms with Crippen molar-refractivity contribution in [2.75, 3.05) is 6.54 Å². The molecule has 106 valence electrons. The first-order valence-corrected chi connectivity index (χ1v) is 7.84. The average molecular weight is 261 g/mol. The Morgan fingerprint density at radius 1 is 1.16 bits per heavy atom. The van der Waals surface area contributed by atoms with Gasteiger partial charge in [0, 0.05) is 18.2 Å². The Labute approximate surface area is 117 Å². The van der Waals surface area contributed by atoms with E-state index in [0.717, 1.165) is 30.3 Å². The van der Waals surface area contributed by atoms with Crippen LogP contribution in [0, 0.1) is 6.92 Å². The quantitative estimate of drug-likeness (QED) is 0.648. The summed E-state index contributed by atoms with van der Waals surface area (Å²) in [7, 11) is 0. The van der Waals surface area contributed by atoms with Crippen LogP contribution >= 0.6 is 0 Å². The van der Waals surface area contributed by atoms with Crippen molar-refractivity contribution in [2.24, 2.45) is 0 Å². The molecule has 1 saturated carbocycles. The first-order chi connectivity index (χ1) is 9.29. The fourth-order valence-electron chi connectivity index (χ4n) is 2.86. The molecule has 1 aliphatic rings. The van der Waals surface area contributed by atoms with Gasteiger partial charge in [0.05, 0.1) is 5.69 Å². The number of hydrogen-bond donors (Lipinski definition) is 1. The van der Waals surface area contributed by atoms with E-state index < -0.39 is 0 Å². The summed E-state index contributed by atoms with van der Waals surface area (Å²) in [6.45, 7) is 6.21. The van der Waals surface area contributed by atoms with Crippen LogP contribution in [0.1, 0.15) is 75.0 Å². The van der Waals surface area contributed by atoms with Gasteiger partial charge in [0.25, 0.3) is 0 Å². The summed E-state index contributed by atoms with van der Waals surface area (Å²) in [6.07, 6.45) is 9.15. The summed E-state index contributed by atoms with van der Waals surface area (Å²) < 4.78 is 0. The molecule has 0 radical (unpaired) electrons. The van der Waals surface area contributed by atoms with Gasteiger partial charge < -0.3 is 5.32 Å². The molecule has 0 amide bonds. The minimum atomic E-state index is 0.590. The summed E-state index contributed by atoms with van der Waals surface area (Å²) in [5, 5.41) is 3.43. The van der Waals surface area contributed by atoms with Gasteiger partial charge >= 0.3 is 0 Å². The monoisotopic (exact) mass is 261 g/mol. The molecule has 2 rings (SSSR count). The van der Waals surface area contributed by atoms with Gasteiger partial charge in [-0.15, -0.1) is 0 Å². The van der Waals surface area contributed by atoms with Crippen LogP contribution in [-0.4, -0.2) is 16.5 Å². The van der Waals surface area contributed by atoms with Crippen molar-refractivity contribution in [3.8, 4) is 0 Å². The van der Waals surface area contributed by atoms with Crippen molar-refractivity contribution < 1.29 is 0 Å². The molecule has 1 aromatic heterocycles. The van der Waals surface area contributed by atoms with E-state index in [9.17, 15) is 0 Å². The number of rotatable bonds is 5. The van der Waals surface area contributed by atoms with Crippen molar-refractivity contribution in [1.29, 1.82) is 0 Å². The number of aromatic nitrogens is 2. The Balaban J connectivity index is 2.06. The second-order valence-corrected chi connectivity index (χ2v) is 5.72. The first-order valence-electron chi connectivity index (χ1n) is 7.84. The van der Waals surface area contributed by atoms with E-state index in [1.807, 2.05) is 0 Å². The first kappa shape index (κ1) is 14.4. The number of aryl methyl sites for hydroxylation is 1. The molecule has 3 nitrogen and oxygen atoms in total. The third-order valence-electron chi connectivity index (χ3n) is 3.88. The standard InChI is InChI=1S/C16H27N3/c1-3-10-17-12-15-11-13(2)18-16(19-15)14-8-6-4-5-7-9-14/h11,14,17H,3-10,12H2,1-2H3. The number of hydrogen-bond acceptors (Lipinski definition) is 3. The van der Waals surface area contributed by atoms with E-state index in [0.29, 0.717) is 5.92 Å². The highest BCUT2D eigenvalue weighted by atomic mass is 14.9. The summed E-state index contributed by atoms with van der Waals surface area (Å²) in [5.41, 5.74) is 2.27. The summed E-state index contributed by atoms with van der Waals surface area (Å²) in [4.78, 5) is 9.49. The van der Waals surface area contributed by atoms with Crippen molar-refractivity contribution in [2.45, 2.75) is 71.3 Å². The van der Waals surface area contributed by atoms with Crippen LogP contribution in [-0.2, 0) is 6.54 Å². The van der Waals surface area contributed by atoms with Crippen LogP contribution in [0.4, 0.5) is 0 Å². The Hall–Kier alpha value is -0.960. The molecule has 0 aliphatic heterocycles. The Bertz CT molecular complexity index is 382. The van der Waals surface area contributed by atoms with Gasteiger partial charge in [-0.1, -0.05) is 32.6 Å². The molecule has 0 bridgehead atoms. The van der Waals surface area contributed by atoms with Gasteiger partial charge in [-0.3, -0.25) is 0 Å². The fraction of sp³-hybridized carbons (Fsp3) is 0.750. The van der Waals surface area contributed by atoms with E-state index in [4.69, 9.17) is 4.98 Å². The van der Waals surface area contributed by atoms with Crippen molar-refractivity contribution >= 4 is 0 Å². The van der Waals surface area contributed by atoms with Crippen LogP contribution in [0.25, 0.3) is 0 Å². The molecule has 19 heavy (non-hydrogen) atoms. The third kappa shape index (κ3) is 4.57. The van der Waals surface area contributed by atoms with E-state index in [1.54, 1.807) is 0 Å². The highest BCUT2D eigenvalue weighted by Gasteiger charge is 2.17. The Morgan fingerprint density at radius 2 is 1.89 bits per heavy atom. The van der Waals surface area contributed by atoms with Gasteiger partial charge in [-0.2, -0.15) is 0 Å². The summed E-state index contributed by atoms with van der Waals surface area (Å²) >= 11 is 0. The normalized spacial score (nSPS) is 17.4. The van der Waals surface area contributed by atoms with Crippen molar-refractivity contribution in [1.82, 2.24) is 15.3 Å². The molecular weight excluding hydrogens is 234 g/mol. The number of nitrogens with zero attached hydrogens (tertiary/aromatic N) is 2. The van der Waals surface area contributed by atoms with Crippen LogP contribution in [0.5, 0.6) is 0 Å². The van der Waals surface area contributed by atoms with Crippen LogP contribution < -0.4 is 5.32 Å². The lowest BCUT2D eigenvalue weighted by Gasteiger charge is -2.14. The third-order valence-corrected chi connectivity index (χ3v) is 3.88. The maximum Gasteiger partial charge on any atom is 0.131 e. The van der Waals surface area contributed by atoms with E-state index in [2.05, 4.69) is 30.2 Å². The van der Waals surface area contributed by atoms with Gasteiger partial charge in [0.1, 0.15) is 5.82 Å². The molecule has 1 aromatic rings. The zero-order valence-electron chi connectivity index (χ0n) is 12.4. The fourth-order valence-corrected chi connectivity index (χ4v) is 2.86. The van der Waals surface area contributed by atoms with Gasteiger partial charge in [0.15, 0.2) is 0 Å². The lowest BCUT2D eigenvalue weighted by atomic mass is 9.99.